The Labute approximate surface area is 173 Å². The molecular weight excluding hydrogens is 388 g/mol. The molecule has 1 N–H and O–H groups in total. The van der Waals surface area contributed by atoms with Gasteiger partial charge in [-0.25, -0.2) is 4.98 Å². The molecule has 3 heterocycles. The molecule has 152 valence electrons. The number of nitrogens with one attached hydrogen (secondary N) is 1. The molecule has 1 aliphatic rings. The van der Waals surface area contributed by atoms with E-state index in [-0.39, 0.29) is 23.7 Å². The van der Waals surface area contributed by atoms with Crippen LogP contribution in [0.1, 0.15) is 35.6 Å². The van der Waals surface area contributed by atoms with Gasteiger partial charge in [-0.1, -0.05) is 0 Å². The van der Waals surface area contributed by atoms with Gasteiger partial charge in [-0.3, -0.25) is 14.0 Å². The minimum Gasteiger partial charge on any atom is -0.379 e. The van der Waals surface area contributed by atoms with Gasteiger partial charge in [0.1, 0.15) is 0 Å². The molecule has 1 amide bonds. The number of hydrogen-bond donors (Lipinski definition) is 1. The fourth-order valence-corrected chi connectivity index (χ4v) is 4.53. The summed E-state index contributed by atoms with van der Waals surface area (Å²) in [5.74, 6) is 0.0201. The zero-order chi connectivity index (χ0) is 20.5. The number of carbonyl (C=O) groups is 1. The van der Waals surface area contributed by atoms with Gasteiger partial charge in [0.15, 0.2) is 4.96 Å². The summed E-state index contributed by atoms with van der Waals surface area (Å²) in [5.41, 5.74) is 3.04. The van der Waals surface area contributed by atoms with Gasteiger partial charge in [0.05, 0.1) is 24.4 Å². The predicted octanol–water partition coefficient (Wildman–Crippen LogP) is 2.93. The third kappa shape index (κ3) is 4.18. The zero-order valence-corrected chi connectivity index (χ0v) is 17.5. The predicted molar refractivity (Wildman–Crippen MR) is 114 cm³/mol. The number of carbonyl (C=O) groups excluding carboxylic acids is 1. The molecule has 2 atom stereocenters. The number of hydrogen-bond acceptors (Lipinski definition) is 6. The van der Waals surface area contributed by atoms with Gasteiger partial charge >= 0.3 is 0 Å². The highest BCUT2D eigenvalue weighted by Gasteiger charge is 2.26. The highest BCUT2D eigenvalue weighted by atomic mass is 32.1. The van der Waals surface area contributed by atoms with E-state index in [9.17, 15) is 9.59 Å². The number of aromatic nitrogens is 2. The van der Waals surface area contributed by atoms with Crippen molar-refractivity contribution in [2.75, 3.05) is 18.4 Å². The summed E-state index contributed by atoms with van der Waals surface area (Å²) in [7, 11) is 0. The van der Waals surface area contributed by atoms with Crippen LogP contribution >= 0.6 is 11.3 Å². The van der Waals surface area contributed by atoms with Gasteiger partial charge in [0, 0.05) is 41.5 Å². The van der Waals surface area contributed by atoms with Crippen LogP contribution in [0.25, 0.3) is 4.96 Å². The Bertz CT molecular complexity index is 1080. The standard InChI is InChI=1S/C21H24N4O3S/c1-13-12-29-21-23-18(8-19(26)25(13)21)9-22-17-6-4-16(5-7-17)20(27)24-10-14(2)28-15(3)11-24/h4-8,12,14-15,22H,9-11H2,1-3H3. The molecule has 1 fully saturated rings. The van der Waals surface area contributed by atoms with Gasteiger partial charge in [-0.15, -0.1) is 11.3 Å². The van der Waals surface area contributed by atoms with E-state index in [0.29, 0.717) is 35.9 Å². The van der Waals surface area contributed by atoms with Crippen LogP contribution in [0.2, 0.25) is 0 Å². The fourth-order valence-electron chi connectivity index (χ4n) is 3.64. The minimum atomic E-state index is -0.0690. The summed E-state index contributed by atoms with van der Waals surface area (Å²) >= 11 is 1.46. The van der Waals surface area contributed by atoms with E-state index in [1.54, 1.807) is 10.5 Å². The van der Waals surface area contributed by atoms with E-state index in [4.69, 9.17) is 4.74 Å². The van der Waals surface area contributed by atoms with E-state index < -0.39 is 0 Å². The molecule has 29 heavy (non-hydrogen) atoms. The molecule has 0 aliphatic carbocycles. The maximum Gasteiger partial charge on any atom is 0.259 e. The normalized spacial score (nSPS) is 19.5. The smallest absolute Gasteiger partial charge is 0.259 e. The van der Waals surface area contributed by atoms with Crippen LogP contribution in [0.5, 0.6) is 0 Å². The SMILES string of the molecule is Cc1csc2nc(CNc3ccc(C(=O)N4CC(C)OC(C)C4)cc3)cc(=O)n12. The summed E-state index contributed by atoms with van der Waals surface area (Å²) in [6.45, 7) is 7.51. The molecule has 1 saturated heterocycles. The van der Waals surface area contributed by atoms with Crippen molar-refractivity contribution < 1.29 is 9.53 Å². The first-order valence-corrected chi connectivity index (χ1v) is 10.5. The largest absolute Gasteiger partial charge is 0.379 e. The summed E-state index contributed by atoms with van der Waals surface area (Å²) < 4.78 is 7.31. The Morgan fingerprint density at radius 3 is 2.62 bits per heavy atom. The number of benzene rings is 1. The maximum absolute atomic E-state index is 12.7. The van der Waals surface area contributed by atoms with Crippen LogP contribution in [-0.2, 0) is 11.3 Å². The Hall–Kier alpha value is -2.71. The number of ether oxygens (including phenoxy) is 1. The van der Waals surface area contributed by atoms with Crippen molar-refractivity contribution in [3.05, 3.63) is 63.0 Å². The van der Waals surface area contributed by atoms with E-state index in [1.807, 2.05) is 55.3 Å². The van der Waals surface area contributed by atoms with Gasteiger partial charge in [-0.05, 0) is 45.0 Å². The molecule has 3 aromatic rings. The third-order valence-corrected chi connectivity index (χ3v) is 5.88. The van der Waals surface area contributed by atoms with Crippen LogP contribution in [-0.4, -0.2) is 45.5 Å². The topological polar surface area (TPSA) is 75.9 Å². The molecule has 2 unspecified atom stereocenters. The van der Waals surface area contributed by atoms with Gasteiger partial charge in [-0.2, -0.15) is 0 Å². The van der Waals surface area contributed by atoms with Gasteiger partial charge in [0.2, 0.25) is 0 Å². The van der Waals surface area contributed by atoms with Crippen LogP contribution in [0.15, 0.2) is 40.5 Å². The average molecular weight is 413 g/mol. The number of nitrogens with zero attached hydrogens (tertiary/aromatic N) is 3. The van der Waals surface area contributed by atoms with Crippen molar-refractivity contribution in [2.24, 2.45) is 0 Å². The highest BCUT2D eigenvalue weighted by molar-refractivity contribution is 7.15. The van der Waals surface area contributed by atoms with Crippen molar-refractivity contribution in [3.63, 3.8) is 0 Å². The fraction of sp³-hybridized carbons (Fsp3) is 0.381. The summed E-state index contributed by atoms with van der Waals surface area (Å²) in [4.78, 5) is 32.1. The first kappa shape index (κ1) is 19.6. The molecule has 4 rings (SSSR count). The molecule has 1 aliphatic heterocycles. The molecule has 0 radical (unpaired) electrons. The van der Waals surface area contributed by atoms with Gasteiger partial charge < -0.3 is 15.0 Å². The number of aryl methyl sites for hydroxylation is 1. The molecule has 0 bridgehead atoms. The Morgan fingerprint density at radius 2 is 1.93 bits per heavy atom. The first-order chi connectivity index (χ1) is 13.9. The number of fused-ring (bicyclic) bond motifs is 1. The Kier molecular flexibility index (Phi) is 5.38. The van der Waals surface area contributed by atoms with Crippen molar-refractivity contribution in [2.45, 2.75) is 39.5 Å². The Balaban J connectivity index is 1.42. The molecule has 1 aromatic carbocycles. The second-order valence-corrected chi connectivity index (χ2v) is 8.32. The summed E-state index contributed by atoms with van der Waals surface area (Å²) in [6, 6.07) is 8.95. The lowest BCUT2D eigenvalue weighted by Crippen LogP contribution is -2.48. The molecular formula is C21H24N4O3S. The van der Waals surface area contributed by atoms with Gasteiger partial charge in [0.25, 0.3) is 11.5 Å². The van der Waals surface area contributed by atoms with Crippen LogP contribution < -0.4 is 10.9 Å². The Morgan fingerprint density at radius 1 is 1.24 bits per heavy atom. The van der Waals surface area contributed by atoms with Crippen molar-refractivity contribution >= 4 is 27.9 Å². The number of rotatable bonds is 4. The number of thiazole rings is 1. The van der Waals surface area contributed by atoms with Crippen LogP contribution in [0.3, 0.4) is 0 Å². The van der Waals surface area contributed by atoms with E-state index in [0.717, 1.165) is 11.4 Å². The molecule has 0 spiro atoms. The van der Waals surface area contributed by atoms with Crippen molar-refractivity contribution in [3.8, 4) is 0 Å². The zero-order valence-electron chi connectivity index (χ0n) is 16.7. The van der Waals surface area contributed by atoms with Crippen molar-refractivity contribution in [1.29, 1.82) is 0 Å². The summed E-state index contributed by atoms with van der Waals surface area (Å²) in [6.07, 6.45) is 0.0920. The van der Waals surface area contributed by atoms with Crippen LogP contribution in [0, 0.1) is 6.92 Å². The van der Waals surface area contributed by atoms with Crippen molar-refractivity contribution in [1.82, 2.24) is 14.3 Å². The summed E-state index contributed by atoms with van der Waals surface area (Å²) in [5, 5.41) is 5.19. The monoisotopic (exact) mass is 412 g/mol. The molecule has 7 nitrogen and oxygen atoms in total. The van der Waals surface area contributed by atoms with E-state index >= 15 is 0 Å². The first-order valence-electron chi connectivity index (χ1n) is 9.66. The number of morpholine rings is 1. The third-order valence-electron chi connectivity index (χ3n) is 4.94. The average Bonchev–Trinajstić information content (AvgIpc) is 3.07. The number of anilines is 1. The lowest BCUT2D eigenvalue weighted by atomic mass is 10.1. The second kappa shape index (κ2) is 7.96. The highest BCUT2D eigenvalue weighted by Crippen LogP contribution is 2.17. The second-order valence-electron chi connectivity index (χ2n) is 7.48. The number of amides is 1. The molecule has 8 heteroatoms. The van der Waals surface area contributed by atoms with E-state index in [1.165, 1.54) is 11.3 Å². The van der Waals surface area contributed by atoms with Crippen LogP contribution in [0.4, 0.5) is 5.69 Å². The lowest BCUT2D eigenvalue weighted by molar-refractivity contribution is -0.0586. The minimum absolute atomic E-state index is 0.0201. The lowest BCUT2D eigenvalue weighted by Gasteiger charge is -2.35. The maximum atomic E-state index is 12.7. The molecule has 2 aromatic heterocycles. The van der Waals surface area contributed by atoms with E-state index in [2.05, 4.69) is 10.3 Å². The quantitative estimate of drug-likeness (QED) is 0.713. The molecule has 0 saturated carbocycles.